The maximum atomic E-state index is 13.9. The summed E-state index contributed by atoms with van der Waals surface area (Å²) in [5, 5.41) is 10.9. The zero-order valence-electron chi connectivity index (χ0n) is 16.2. The van der Waals surface area contributed by atoms with Gasteiger partial charge in [-0.15, -0.1) is 11.3 Å². The van der Waals surface area contributed by atoms with Gasteiger partial charge in [0.05, 0.1) is 22.3 Å². The Morgan fingerprint density at radius 3 is 2.55 bits per heavy atom. The van der Waals surface area contributed by atoms with Gasteiger partial charge in [0, 0.05) is 6.42 Å². The first-order chi connectivity index (χ1) is 13.5. The molecule has 156 valence electrons. The zero-order chi connectivity index (χ0) is 21.4. The van der Waals surface area contributed by atoms with Crippen LogP contribution < -0.4 is 4.74 Å². The summed E-state index contributed by atoms with van der Waals surface area (Å²) in [6.45, 7) is 3.38. The molecule has 29 heavy (non-hydrogen) atoms. The predicted octanol–water partition coefficient (Wildman–Crippen LogP) is 5.78. The molecule has 0 aliphatic carbocycles. The van der Waals surface area contributed by atoms with Crippen LogP contribution in [0.1, 0.15) is 35.4 Å². The van der Waals surface area contributed by atoms with E-state index < -0.39 is 36.4 Å². The van der Waals surface area contributed by atoms with E-state index in [-0.39, 0.29) is 16.3 Å². The Morgan fingerprint density at radius 2 is 1.90 bits per heavy atom. The van der Waals surface area contributed by atoms with Crippen molar-refractivity contribution in [2.45, 2.75) is 44.4 Å². The summed E-state index contributed by atoms with van der Waals surface area (Å²) in [6.07, 6.45) is -6.20. The average Bonchev–Trinajstić information content (AvgIpc) is 3.01. The lowest BCUT2D eigenvalue weighted by molar-refractivity contribution is -0.263. The fraction of sp³-hybridized carbons (Fsp3) is 0.381. The van der Waals surface area contributed by atoms with E-state index in [4.69, 9.17) is 4.74 Å². The van der Waals surface area contributed by atoms with Crippen molar-refractivity contribution >= 4 is 21.6 Å². The Morgan fingerprint density at radius 1 is 1.17 bits per heavy atom. The van der Waals surface area contributed by atoms with Crippen molar-refractivity contribution in [3.8, 4) is 5.75 Å². The molecule has 0 radical (unpaired) electrons. The third-order valence-electron chi connectivity index (χ3n) is 4.93. The van der Waals surface area contributed by atoms with Gasteiger partial charge >= 0.3 is 6.18 Å². The highest BCUT2D eigenvalue weighted by Crippen LogP contribution is 2.43. The van der Waals surface area contributed by atoms with Crippen molar-refractivity contribution < 1.29 is 27.4 Å². The van der Waals surface area contributed by atoms with Gasteiger partial charge in [-0.3, -0.25) is 0 Å². The third-order valence-corrected chi connectivity index (χ3v) is 5.96. The number of fused-ring (bicyclic) bond motifs is 1. The molecule has 3 aromatic rings. The van der Waals surface area contributed by atoms with E-state index in [1.54, 1.807) is 12.1 Å². The first kappa shape index (κ1) is 21.5. The quantitative estimate of drug-likeness (QED) is 0.507. The lowest BCUT2D eigenvalue weighted by Crippen LogP contribution is -2.48. The number of methoxy groups -OCH3 is 1. The Balaban J connectivity index is 1.93. The topological polar surface area (TPSA) is 42.4 Å². The number of nitrogens with zero attached hydrogens (tertiary/aromatic N) is 1. The van der Waals surface area contributed by atoms with Crippen LogP contribution in [0.3, 0.4) is 0 Å². The number of thiazole rings is 1. The van der Waals surface area contributed by atoms with Crippen LogP contribution in [0.5, 0.6) is 5.75 Å². The summed E-state index contributed by atoms with van der Waals surface area (Å²) in [4.78, 5) is 4.27. The van der Waals surface area contributed by atoms with Crippen molar-refractivity contribution in [2.75, 3.05) is 7.11 Å². The summed E-state index contributed by atoms with van der Waals surface area (Å²) in [5.41, 5.74) is -1.18. The summed E-state index contributed by atoms with van der Waals surface area (Å²) in [7, 11) is 1.36. The monoisotopic (exact) mass is 427 g/mol. The fourth-order valence-corrected chi connectivity index (χ4v) is 4.46. The van der Waals surface area contributed by atoms with Crippen LogP contribution in [0, 0.1) is 12.7 Å². The van der Waals surface area contributed by atoms with Gasteiger partial charge in [-0.1, -0.05) is 13.0 Å². The number of alkyl halides is 3. The van der Waals surface area contributed by atoms with Crippen LogP contribution in [0.2, 0.25) is 0 Å². The maximum Gasteiger partial charge on any atom is 0.417 e. The van der Waals surface area contributed by atoms with E-state index in [0.717, 1.165) is 27.7 Å². The van der Waals surface area contributed by atoms with Crippen LogP contribution >= 0.6 is 11.3 Å². The molecule has 3 rings (SSSR count). The number of rotatable bonds is 6. The average molecular weight is 427 g/mol. The van der Waals surface area contributed by atoms with Crippen LogP contribution in [-0.4, -0.2) is 29.0 Å². The lowest BCUT2D eigenvalue weighted by atomic mass is 9.84. The van der Waals surface area contributed by atoms with E-state index in [2.05, 4.69) is 4.98 Å². The summed E-state index contributed by atoms with van der Waals surface area (Å²) < 4.78 is 61.2. The van der Waals surface area contributed by atoms with Crippen LogP contribution in [0.15, 0.2) is 36.4 Å². The van der Waals surface area contributed by atoms with Gasteiger partial charge < -0.3 is 9.84 Å². The Bertz CT molecular complexity index is 1020. The molecule has 1 aromatic heterocycles. The minimum atomic E-state index is -4.88. The second-order valence-corrected chi connectivity index (χ2v) is 8.39. The molecule has 0 amide bonds. The highest BCUT2D eigenvalue weighted by Gasteiger charge is 2.54. The fourth-order valence-electron chi connectivity index (χ4n) is 3.41. The number of aromatic nitrogens is 1. The van der Waals surface area contributed by atoms with Crippen molar-refractivity contribution in [1.29, 1.82) is 0 Å². The van der Waals surface area contributed by atoms with Crippen LogP contribution in [0.4, 0.5) is 17.6 Å². The van der Waals surface area contributed by atoms with E-state index in [9.17, 15) is 22.7 Å². The summed E-state index contributed by atoms with van der Waals surface area (Å²) >= 11 is 1.13. The molecule has 2 unspecified atom stereocenters. The van der Waals surface area contributed by atoms with Gasteiger partial charge in [-0.05, 0) is 60.7 Å². The molecule has 0 aliphatic heterocycles. The molecule has 1 heterocycles. The van der Waals surface area contributed by atoms with Gasteiger partial charge in [-0.2, -0.15) is 13.2 Å². The second kappa shape index (κ2) is 7.91. The SMILES string of the molecule is COc1ccc(F)cc1C(C)CC(O)(Cc1nc2cc(C)ccc2s1)C(F)(F)F. The highest BCUT2D eigenvalue weighted by atomic mass is 32.1. The third kappa shape index (κ3) is 4.53. The number of benzene rings is 2. The van der Waals surface area contributed by atoms with E-state index >= 15 is 0 Å². The standard InChI is InChI=1S/C21H21F4NO2S/c1-12-4-7-18-16(8-12)26-19(29-18)11-20(27,21(23,24)25)10-13(2)15-9-14(22)5-6-17(15)28-3/h4-9,13,27H,10-11H2,1-3H3. The van der Waals surface area contributed by atoms with E-state index in [1.165, 1.54) is 26.2 Å². The van der Waals surface area contributed by atoms with Gasteiger partial charge in [0.1, 0.15) is 11.6 Å². The Kier molecular flexibility index (Phi) is 5.87. The van der Waals surface area contributed by atoms with E-state index in [1.807, 2.05) is 13.0 Å². The largest absolute Gasteiger partial charge is 0.496 e. The predicted molar refractivity (Wildman–Crippen MR) is 105 cm³/mol. The maximum absolute atomic E-state index is 13.9. The molecule has 3 nitrogen and oxygen atoms in total. The summed E-state index contributed by atoms with van der Waals surface area (Å²) in [6, 6.07) is 9.14. The number of halogens is 4. The minimum absolute atomic E-state index is 0.198. The van der Waals surface area contributed by atoms with Crippen LogP contribution in [0.25, 0.3) is 10.2 Å². The van der Waals surface area contributed by atoms with E-state index in [0.29, 0.717) is 5.52 Å². The number of hydrogen-bond acceptors (Lipinski definition) is 4. The molecule has 1 N–H and O–H groups in total. The van der Waals surface area contributed by atoms with Crippen molar-refractivity contribution in [2.24, 2.45) is 0 Å². The highest BCUT2D eigenvalue weighted by molar-refractivity contribution is 7.18. The molecule has 0 spiro atoms. The molecule has 0 fully saturated rings. The van der Waals surface area contributed by atoms with Crippen LogP contribution in [-0.2, 0) is 6.42 Å². The molecule has 0 aliphatic rings. The van der Waals surface area contributed by atoms with Gasteiger partial charge in [0.25, 0.3) is 0 Å². The second-order valence-electron chi connectivity index (χ2n) is 7.28. The number of aliphatic hydroxyl groups is 1. The molecule has 2 aromatic carbocycles. The van der Waals surface area contributed by atoms with Gasteiger partial charge in [0.2, 0.25) is 0 Å². The first-order valence-corrected chi connectivity index (χ1v) is 9.82. The van der Waals surface area contributed by atoms with Crippen molar-refractivity contribution in [3.05, 3.63) is 58.3 Å². The smallest absolute Gasteiger partial charge is 0.417 e. The Hall–Kier alpha value is -2.19. The zero-order valence-corrected chi connectivity index (χ0v) is 17.0. The lowest BCUT2D eigenvalue weighted by Gasteiger charge is -2.32. The van der Waals surface area contributed by atoms with Gasteiger partial charge in [0.15, 0.2) is 5.60 Å². The molecule has 0 bridgehead atoms. The number of aryl methyl sites for hydroxylation is 1. The number of hydrogen-bond donors (Lipinski definition) is 1. The number of ether oxygens (including phenoxy) is 1. The molecule has 2 atom stereocenters. The molecule has 0 saturated heterocycles. The molecular formula is C21H21F4NO2S. The molecular weight excluding hydrogens is 406 g/mol. The summed E-state index contributed by atoms with van der Waals surface area (Å²) in [5.74, 6) is -1.10. The van der Waals surface area contributed by atoms with Crippen molar-refractivity contribution in [3.63, 3.8) is 0 Å². The molecule has 8 heteroatoms. The normalized spacial score (nSPS) is 15.3. The molecule has 0 saturated carbocycles. The van der Waals surface area contributed by atoms with Gasteiger partial charge in [-0.25, -0.2) is 9.37 Å². The van der Waals surface area contributed by atoms with Crippen molar-refractivity contribution in [1.82, 2.24) is 4.98 Å². The Labute approximate surface area is 170 Å². The minimum Gasteiger partial charge on any atom is -0.496 e. The first-order valence-electron chi connectivity index (χ1n) is 9.01.